The highest BCUT2D eigenvalue weighted by Gasteiger charge is 2.49. The Labute approximate surface area is 213 Å². The van der Waals surface area contributed by atoms with E-state index in [1.807, 2.05) is 6.07 Å². The molecular formula is C24H30BrF2N3O2SSi. The minimum atomic E-state index is -2.18. The van der Waals surface area contributed by atoms with E-state index < -0.39 is 31.1 Å². The zero-order chi connectivity index (χ0) is 25.3. The number of thioether (sulfide) groups is 1. The SMILES string of the molecule is CC(C)(C)[Si](C)(C)OC[C@H]1SC(NC(=O)c2ccccc2)=N[C@](C)(c2nc(Br)ccc2F)[C@H]1F. The summed E-state index contributed by atoms with van der Waals surface area (Å²) in [5.41, 5.74) is -1.34. The smallest absolute Gasteiger partial charge is 0.257 e. The molecule has 1 aromatic heterocycles. The Kier molecular flexibility index (Phi) is 8.06. The van der Waals surface area contributed by atoms with Crippen LogP contribution < -0.4 is 5.32 Å². The summed E-state index contributed by atoms with van der Waals surface area (Å²) in [5.74, 6) is -1.04. The fraction of sp³-hybridized carbons (Fsp3) is 0.458. The number of nitrogens with zero attached hydrogens (tertiary/aromatic N) is 2. The molecule has 1 N–H and O–H groups in total. The number of carbonyl (C=O) groups is 1. The fourth-order valence-corrected chi connectivity index (χ4v) is 5.92. The normalized spacial score (nSPS) is 23.4. The van der Waals surface area contributed by atoms with E-state index >= 15 is 4.39 Å². The molecule has 0 aliphatic carbocycles. The van der Waals surface area contributed by atoms with Crippen LogP contribution in [0.4, 0.5) is 8.78 Å². The Hall–Kier alpha value is -1.62. The molecule has 0 saturated heterocycles. The highest BCUT2D eigenvalue weighted by molar-refractivity contribution is 9.10. The number of pyridine rings is 1. The van der Waals surface area contributed by atoms with E-state index in [1.165, 1.54) is 19.1 Å². The Morgan fingerprint density at radius 1 is 1.24 bits per heavy atom. The lowest BCUT2D eigenvalue weighted by Crippen LogP contribution is -2.51. The van der Waals surface area contributed by atoms with Crippen molar-refractivity contribution in [2.75, 3.05) is 6.61 Å². The Balaban J connectivity index is 1.98. The van der Waals surface area contributed by atoms with Crippen LogP contribution in [-0.2, 0) is 9.96 Å². The van der Waals surface area contributed by atoms with Crippen molar-refractivity contribution < 1.29 is 18.0 Å². The Bertz CT molecular complexity index is 1080. The molecule has 1 amide bonds. The van der Waals surface area contributed by atoms with Gasteiger partial charge in [-0.25, -0.2) is 18.8 Å². The maximum Gasteiger partial charge on any atom is 0.257 e. The van der Waals surface area contributed by atoms with Crippen molar-refractivity contribution in [3.63, 3.8) is 0 Å². The molecule has 0 saturated carbocycles. The van der Waals surface area contributed by atoms with Crippen molar-refractivity contribution in [2.45, 2.75) is 62.8 Å². The van der Waals surface area contributed by atoms with Crippen molar-refractivity contribution >= 4 is 47.1 Å². The molecular weight excluding hydrogens is 540 g/mol. The lowest BCUT2D eigenvalue weighted by Gasteiger charge is -2.41. The summed E-state index contributed by atoms with van der Waals surface area (Å²) in [6.07, 6.45) is -1.60. The van der Waals surface area contributed by atoms with Gasteiger partial charge in [-0.05, 0) is 65.3 Å². The van der Waals surface area contributed by atoms with Gasteiger partial charge in [0.2, 0.25) is 0 Å². The monoisotopic (exact) mass is 569 g/mol. The summed E-state index contributed by atoms with van der Waals surface area (Å²) >= 11 is 4.34. The molecule has 184 valence electrons. The lowest BCUT2D eigenvalue weighted by atomic mass is 9.89. The van der Waals surface area contributed by atoms with Crippen LogP contribution in [-0.4, -0.2) is 42.4 Å². The minimum Gasteiger partial charge on any atom is -0.416 e. The molecule has 10 heteroatoms. The molecule has 1 aliphatic rings. The Morgan fingerprint density at radius 2 is 1.88 bits per heavy atom. The average Bonchev–Trinajstić information content (AvgIpc) is 2.76. The standard InChI is InChI=1S/C24H30BrF2N3O2SSi/c1-23(2,3)34(5,6)32-14-17-19(27)24(4,20-16(26)12-13-18(25)28-20)30-22(33-17)29-21(31)15-10-8-7-9-11-15/h7-13,17,19H,14H2,1-6H3,(H,29,30,31)/t17-,19+,24+/m1/s1. The van der Waals surface area contributed by atoms with Gasteiger partial charge in [0.15, 0.2) is 13.5 Å². The molecule has 1 aliphatic heterocycles. The largest absolute Gasteiger partial charge is 0.416 e. The van der Waals surface area contributed by atoms with Crippen LogP contribution in [0.3, 0.4) is 0 Å². The second kappa shape index (κ2) is 10.2. The van der Waals surface area contributed by atoms with Gasteiger partial charge in [0.25, 0.3) is 5.91 Å². The molecule has 2 aromatic rings. The predicted molar refractivity (Wildman–Crippen MR) is 140 cm³/mol. The number of nitrogens with one attached hydrogen (secondary N) is 1. The van der Waals surface area contributed by atoms with E-state index in [2.05, 4.69) is 65.1 Å². The number of halogens is 3. The van der Waals surface area contributed by atoms with E-state index in [1.54, 1.807) is 24.3 Å². The summed E-state index contributed by atoms with van der Waals surface area (Å²) in [5, 5.41) is 2.20. The maximum atomic E-state index is 16.1. The highest BCUT2D eigenvalue weighted by atomic mass is 79.9. The van der Waals surface area contributed by atoms with Gasteiger partial charge in [-0.2, -0.15) is 0 Å². The van der Waals surface area contributed by atoms with Gasteiger partial charge in [-0.1, -0.05) is 50.7 Å². The summed E-state index contributed by atoms with van der Waals surface area (Å²) in [7, 11) is -2.18. The molecule has 0 spiro atoms. The quantitative estimate of drug-likeness (QED) is 0.331. The Morgan fingerprint density at radius 3 is 2.50 bits per heavy atom. The van der Waals surface area contributed by atoms with Crippen molar-refractivity contribution in [1.29, 1.82) is 0 Å². The molecule has 34 heavy (non-hydrogen) atoms. The molecule has 0 radical (unpaired) electrons. The molecule has 3 rings (SSSR count). The zero-order valence-corrected chi connectivity index (χ0v) is 23.6. The first-order chi connectivity index (χ1) is 15.7. The highest BCUT2D eigenvalue weighted by Crippen LogP contribution is 2.43. The van der Waals surface area contributed by atoms with Gasteiger partial charge >= 0.3 is 0 Å². The van der Waals surface area contributed by atoms with Crippen LogP contribution >= 0.6 is 27.7 Å². The van der Waals surface area contributed by atoms with Crippen LogP contribution in [0.1, 0.15) is 43.7 Å². The first-order valence-corrected chi connectivity index (χ1v) is 15.6. The first kappa shape index (κ1) is 27.0. The number of aliphatic imine (C=N–C) groups is 1. The van der Waals surface area contributed by atoms with E-state index in [4.69, 9.17) is 4.43 Å². The fourth-order valence-electron chi connectivity index (χ4n) is 3.26. The third kappa shape index (κ3) is 5.77. The number of alkyl halides is 1. The topological polar surface area (TPSA) is 63.6 Å². The number of hydrogen-bond donors (Lipinski definition) is 1. The van der Waals surface area contributed by atoms with Crippen LogP contribution in [0.25, 0.3) is 0 Å². The van der Waals surface area contributed by atoms with Gasteiger partial charge < -0.3 is 9.74 Å². The third-order valence-corrected chi connectivity index (χ3v) is 12.5. The number of benzene rings is 1. The number of carbonyl (C=O) groups excluding carboxylic acids is 1. The van der Waals surface area contributed by atoms with Crippen LogP contribution in [0, 0.1) is 5.82 Å². The summed E-state index contributed by atoms with van der Waals surface area (Å²) in [6.45, 7) is 12.1. The molecule has 0 bridgehead atoms. The summed E-state index contributed by atoms with van der Waals surface area (Å²) < 4.78 is 37.6. The second-order valence-corrected chi connectivity index (χ2v) is 16.8. The molecule has 3 atom stereocenters. The summed E-state index contributed by atoms with van der Waals surface area (Å²) in [4.78, 5) is 21.5. The number of amides is 1. The zero-order valence-electron chi connectivity index (χ0n) is 20.2. The number of rotatable bonds is 5. The van der Waals surface area contributed by atoms with Gasteiger partial charge in [0, 0.05) is 12.2 Å². The van der Waals surface area contributed by atoms with Crippen molar-refractivity contribution in [1.82, 2.24) is 10.3 Å². The van der Waals surface area contributed by atoms with Crippen molar-refractivity contribution in [3.8, 4) is 0 Å². The van der Waals surface area contributed by atoms with Crippen molar-refractivity contribution in [3.05, 3.63) is 64.1 Å². The lowest BCUT2D eigenvalue weighted by molar-refractivity contribution is 0.0976. The molecule has 1 aromatic carbocycles. The molecule has 2 heterocycles. The average molecular weight is 571 g/mol. The van der Waals surface area contributed by atoms with Crippen molar-refractivity contribution in [2.24, 2.45) is 4.99 Å². The summed E-state index contributed by atoms with van der Waals surface area (Å²) in [6, 6.07) is 11.3. The number of hydrogen-bond acceptors (Lipinski definition) is 5. The molecule has 0 unspecified atom stereocenters. The first-order valence-electron chi connectivity index (χ1n) is 11.0. The number of aromatic nitrogens is 1. The van der Waals surface area contributed by atoms with Crippen LogP contribution in [0.5, 0.6) is 0 Å². The van der Waals surface area contributed by atoms with Crippen LogP contribution in [0.15, 0.2) is 52.1 Å². The van der Waals surface area contributed by atoms with E-state index in [-0.39, 0.29) is 28.4 Å². The molecule has 0 fully saturated rings. The van der Waals surface area contributed by atoms with E-state index in [0.717, 1.165) is 11.8 Å². The van der Waals surface area contributed by atoms with E-state index in [0.29, 0.717) is 10.2 Å². The van der Waals surface area contributed by atoms with Gasteiger partial charge in [0.1, 0.15) is 27.8 Å². The van der Waals surface area contributed by atoms with Gasteiger partial charge in [-0.15, -0.1) is 0 Å². The maximum absolute atomic E-state index is 16.1. The molecule has 5 nitrogen and oxygen atoms in total. The predicted octanol–water partition coefficient (Wildman–Crippen LogP) is 6.46. The minimum absolute atomic E-state index is 0.0577. The second-order valence-electron chi connectivity index (χ2n) is 9.98. The number of amidine groups is 1. The van der Waals surface area contributed by atoms with Crippen LogP contribution in [0.2, 0.25) is 18.1 Å². The van der Waals surface area contributed by atoms with Gasteiger partial charge in [0.05, 0.1) is 5.25 Å². The van der Waals surface area contributed by atoms with Gasteiger partial charge in [-0.3, -0.25) is 4.79 Å². The van der Waals surface area contributed by atoms with E-state index in [9.17, 15) is 9.18 Å². The third-order valence-electron chi connectivity index (χ3n) is 6.42.